The van der Waals surface area contributed by atoms with E-state index in [1.165, 1.54) is 45.0 Å². The van der Waals surface area contributed by atoms with Crippen LogP contribution in [-0.4, -0.2) is 69.8 Å². The van der Waals surface area contributed by atoms with Crippen molar-refractivity contribution in [1.82, 2.24) is 14.9 Å². The number of likely N-dealkylation sites (tertiary alicyclic amines) is 1. The fourth-order valence-corrected chi connectivity index (χ4v) is 2.69. The van der Waals surface area contributed by atoms with Gasteiger partial charge in [0.15, 0.2) is 0 Å². The fraction of sp³-hybridized carbons (Fsp3) is 0.760. The number of piperidine rings is 1. The van der Waals surface area contributed by atoms with Crippen molar-refractivity contribution in [3.05, 3.63) is 24.2 Å². The minimum absolute atomic E-state index is 0. The molecule has 1 aliphatic rings. The summed E-state index contributed by atoms with van der Waals surface area (Å²) in [5.74, 6) is 1.60. The van der Waals surface area contributed by atoms with Crippen LogP contribution in [0.25, 0.3) is 6.08 Å². The smallest absolute Gasteiger partial charge is 0.131 e. The second-order valence-electron chi connectivity index (χ2n) is 6.63. The van der Waals surface area contributed by atoms with Gasteiger partial charge >= 0.3 is 0 Å². The van der Waals surface area contributed by atoms with Gasteiger partial charge in [0.2, 0.25) is 0 Å². The molecule has 1 fully saturated rings. The first-order valence-corrected chi connectivity index (χ1v) is 12.1. The van der Waals surface area contributed by atoms with Gasteiger partial charge < -0.3 is 32.4 Å². The van der Waals surface area contributed by atoms with E-state index in [-0.39, 0.29) is 40.1 Å². The molecule has 1 aliphatic heterocycles. The molecular formula is C25H52B3N4Y-2. The summed E-state index contributed by atoms with van der Waals surface area (Å²) in [7, 11) is 8.06. The Morgan fingerprint density at radius 1 is 1.03 bits per heavy atom. The Labute approximate surface area is 237 Å². The maximum absolute atomic E-state index is 5.53. The van der Waals surface area contributed by atoms with Crippen LogP contribution >= 0.6 is 0 Å². The molecule has 4 radical (unpaired) electrons. The Hall–Kier alpha value is -0.121. The molecule has 0 saturated carbocycles. The third kappa shape index (κ3) is 23.4. The van der Waals surface area contributed by atoms with Crippen molar-refractivity contribution in [3.8, 4) is 0 Å². The summed E-state index contributed by atoms with van der Waals surface area (Å²) in [6.07, 6.45) is 10.3. The van der Waals surface area contributed by atoms with Crippen LogP contribution in [0.15, 0.2) is 0 Å². The van der Waals surface area contributed by atoms with E-state index >= 15 is 0 Å². The predicted octanol–water partition coefficient (Wildman–Crippen LogP) is 6.09. The van der Waals surface area contributed by atoms with Gasteiger partial charge in [0.1, 0.15) is 21.8 Å². The van der Waals surface area contributed by atoms with E-state index in [9.17, 15) is 0 Å². The van der Waals surface area contributed by atoms with Crippen molar-refractivity contribution in [2.75, 3.05) is 38.0 Å². The third-order valence-corrected chi connectivity index (χ3v) is 4.05. The topological polar surface area (TPSA) is 32.3 Å². The van der Waals surface area contributed by atoms with E-state index in [0.717, 1.165) is 30.0 Å². The van der Waals surface area contributed by atoms with Gasteiger partial charge in [0.25, 0.3) is 0 Å². The molecule has 0 N–H and O–H groups in total. The molecular weight excluding hydrogens is 478 g/mol. The summed E-state index contributed by atoms with van der Waals surface area (Å²) in [6.45, 7) is 27.7. The molecule has 1 saturated heterocycles. The Balaban J connectivity index is -0.000000130. The molecule has 1 aromatic heterocycles. The quantitative estimate of drug-likeness (QED) is 0.316. The summed E-state index contributed by atoms with van der Waals surface area (Å²) < 4.78 is 0. The van der Waals surface area contributed by atoms with Crippen molar-refractivity contribution in [2.24, 2.45) is 0 Å². The van der Waals surface area contributed by atoms with Gasteiger partial charge in [-0.1, -0.05) is 82.1 Å². The van der Waals surface area contributed by atoms with Crippen LogP contribution in [-0.2, 0) is 39.0 Å². The molecule has 2 heterocycles. The van der Waals surface area contributed by atoms with Crippen molar-refractivity contribution >= 4 is 33.7 Å². The van der Waals surface area contributed by atoms with E-state index in [4.69, 9.17) is 6.58 Å². The standard InChI is InChI=1S/C11H15B2N3.C7H15N.C2H6B.2C2H6.CH4.Y/c1-5-9-7-14-10(6-12-2)15-11(9)16(4)8-13-3;1-2-8-6-4-3-5-7-8;1-3-2;2*1-2;;/h1,5H,6,8H2,2-4H3;2-7H2,1H3;1-2H3;2*1-2H3;1H4;/q-2;;;;;;. The van der Waals surface area contributed by atoms with Gasteiger partial charge in [-0.25, -0.2) is 5.56 Å². The molecule has 0 bridgehead atoms. The Morgan fingerprint density at radius 3 is 1.91 bits per heavy atom. The molecule has 0 spiro atoms. The van der Waals surface area contributed by atoms with E-state index in [1.54, 1.807) is 0 Å². The molecule has 8 heteroatoms. The van der Waals surface area contributed by atoms with Gasteiger partial charge in [-0.3, -0.25) is 0 Å². The summed E-state index contributed by atoms with van der Waals surface area (Å²) in [5, 5.41) is 0. The zero-order valence-electron chi connectivity index (χ0n) is 22.9. The fourth-order valence-electron chi connectivity index (χ4n) is 2.69. The Bertz CT molecular complexity index is 503. The first-order valence-electron chi connectivity index (χ1n) is 12.1. The molecule has 0 atom stereocenters. The minimum Gasteiger partial charge on any atom is -0.421 e. The number of rotatable bonds is 7. The molecule has 186 valence electrons. The second-order valence-corrected chi connectivity index (χ2v) is 6.63. The van der Waals surface area contributed by atoms with Crippen molar-refractivity contribution in [1.29, 1.82) is 0 Å². The van der Waals surface area contributed by atoms with Gasteiger partial charge in [-0.15, -0.1) is 6.20 Å². The largest absolute Gasteiger partial charge is 0.421 e. The predicted molar refractivity (Wildman–Crippen MR) is 153 cm³/mol. The van der Waals surface area contributed by atoms with Gasteiger partial charge in [-0.2, -0.15) is 0 Å². The number of nitrogens with zero attached hydrogens (tertiary/aromatic N) is 4. The molecule has 0 aliphatic carbocycles. The second kappa shape index (κ2) is 34.0. The van der Waals surface area contributed by atoms with Crippen molar-refractivity contribution in [3.63, 3.8) is 0 Å². The molecule has 0 aromatic carbocycles. The SMILES string of the molecule is C.CC.CC.CCN1CCCCC1.C[B]C.[CH-]=Cc1[c-]nc(C[B]C)nc1N(C)C[B]C.[Y]. The summed E-state index contributed by atoms with van der Waals surface area (Å²) in [4.78, 5) is 13.1. The Morgan fingerprint density at radius 2 is 1.55 bits per heavy atom. The maximum Gasteiger partial charge on any atom is 0.131 e. The number of aromatic nitrogens is 2. The van der Waals surface area contributed by atoms with E-state index in [2.05, 4.69) is 35.3 Å². The minimum atomic E-state index is 0. The number of hydrogen-bond donors (Lipinski definition) is 0. The average molecular weight is 530 g/mol. The van der Waals surface area contributed by atoms with E-state index < -0.39 is 0 Å². The molecule has 4 nitrogen and oxygen atoms in total. The zero-order chi connectivity index (χ0) is 24.5. The van der Waals surface area contributed by atoms with Crippen LogP contribution in [0.1, 0.15) is 72.7 Å². The van der Waals surface area contributed by atoms with E-state index in [1.807, 2.05) is 81.5 Å². The van der Waals surface area contributed by atoms with Gasteiger partial charge in [0, 0.05) is 38.5 Å². The summed E-state index contributed by atoms with van der Waals surface area (Å²) in [5.41, 5.74) is 0.740. The average Bonchev–Trinajstić information content (AvgIpc) is 2.83. The first kappa shape index (κ1) is 43.0. The monoisotopic (exact) mass is 530 g/mol. The van der Waals surface area contributed by atoms with Crippen LogP contribution in [0.5, 0.6) is 0 Å². The van der Waals surface area contributed by atoms with Crippen LogP contribution in [0.4, 0.5) is 5.82 Å². The van der Waals surface area contributed by atoms with Crippen LogP contribution in [0.2, 0.25) is 27.3 Å². The summed E-state index contributed by atoms with van der Waals surface area (Å²) in [6, 6.07) is 0. The molecule has 1 aromatic rings. The van der Waals surface area contributed by atoms with Gasteiger partial charge in [0.05, 0.1) is 0 Å². The van der Waals surface area contributed by atoms with Crippen molar-refractivity contribution < 1.29 is 32.7 Å². The molecule has 33 heavy (non-hydrogen) atoms. The third-order valence-electron chi connectivity index (χ3n) is 4.05. The zero-order valence-corrected chi connectivity index (χ0v) is 25.7. The number of hydrogen-bond acceptors (Lipinski definition) is 4. The molecule has 2 rings (SSSR count). The molecule has 0 amide bonds. The van der Waals surface area contributed by atoms with Crippen molar-refractivity contribution in [2.45, 2.75) is 94.9 Å². The maximum atomic E-state index is 5.53. The van der Waals surface area contributed by atoms with Gasteiger partial charge in [-0.05, 0) is 51.8 Å². The Kier molecular flexibility index (Phi) is 44.4. The summed E-state index contributed by atoms with van der Waals surface area (Å²) >= 11 is 0. The normalized spacial score (nSPS) is 11.2. The van der Waals surface area contributed by atoms with E-state index in [0.29, 0.717) is 0 Å². The van der Waals surface area contributed by atoms with Crippen LogP contribution < -0.4 is 4.90 Å². The van der Waals surface area contributed by atoms with Crippen LogP contribution in [0, 0.1) is 12.8 Å². The van der Waals surface area contributed by atoms with Crippen LogP contribution in [0.3, 0.4) is 0 Å². The number of anilines is 1. The molecule has 0 unspecified atom stereocenters. The first-order chi connectivity index (χ1) is 15.1.